The first kappa shape index (κ1) is 22.1. The van der Waals surface area contributed by atoms with Crippen molar-refractivity contribution in [2.75, 3.05) is 13.4 Å². The molecule has 0 saturated carbocycles. The van der Waals surface area contributed by atoms with Crippen LogP contribution in [0.15, 0.2) is 30.6 Å². The smallest absolute Gasteiger partial charge is 0.231 e. The van der Waals surface area contributed by atoms with Crippen LogP contribution in [0.3, 0.4) is 0 Å². The van der Waals surface area contributed by atoms with E-state index in [2.05, 4.69) is 21.5 Å². The lowest BCUT2D eigenvalue weighted by Gasteiger charge is -2.18. The zero-order valence-corrected chi connectivity index (χ0v) is 20.9. The van der Waals surface area contributed by atoms with E-state index in [1.54, 1.807) is 11.3 Å². The van der Waals surface area contributed by atoms with Gasteiger partial charge in [-0.05, 0) is 68.4 Å². The molecule has 7 nitrogen and oxygen atoms in total. The molecule has 180 valence electrons. The van der Waals surface area contributed by atoms with Gasteiger partial charge >= 0.3 is 0 Å². The van der Waals surface area contributed by atoms with Crippen molar-refractivity contribution in [1.82, 2.24) is 14.5 Å². The van der Waals surface area contributed by atoms with Crippen LogP contribution < -0.4 is 14.2 Å². The van der Waals surface area contributed by atoms with E-state index in [9.17, 15) is 4.79 Å². The molecule has 8 heteroatoms. The summed E-state index contributed by atoms with van der Waals surface area (Å²) in [5.74, 6) is 2.67. The number of aryl methyl sites for hydroxylation is 2. The summed E-state index contributed by atoms with van der Waals surface area (Å²) in [5, 5.41) is 0.987. The first-order chi connectivity index (χ1) is 17.0. The minimum Gasteiger partial charge on any atom is -0.469 e. The lowest BCUT2D eigenvalue weighted by atomic mass is 9.89. The average molecular weight is 490 g/mol. The van der Waals surface area contributed by atoms with Gasteiger partial charge in [0.2, 0.25) is 18.5 Å². The predicted molar refractivity (Wildman–Crippen MR) is 134 cm³/mol. The minimum absolute atomic E-state index is 0.0541. The summed E-state index contributed by atoms with van der Waals surface area (Å²) < 4.78 is 19.1. The number of ether oxygens (including phenoxy) is 3. The zero-order valence-electron chi connectivity index (χ0n) is 20.1. The molecule has 0 bridgehead atoms. The number of carbonyl (C=O) groups is 1. The summed E-state index contributed by atoms with van der Waals surface area (Å²) >= 11 is 1.73. The fourth-order valence-electron chi connectivity index (χ4n) is 5.12. The summed E-state index contributed by atoms with van der Waals surface area (Å²) in [5.41, 5.74) is 5.01. The molecule has 0 saturated heterocycles. The van der Waals surface area contributed by atoms with Crippen LogP contribution in [-0.2, 0) is 19.4 Å². The molecule has 0 radical (unpaired) electrons. The lowest BCUT2D eigenvalue weighted by Crippen LogP contribution is -2.14. The Morgan fingerprint density at radius 2 is 2.06 bits per heavy atom. The molecule has 1 aliphatic heterocycles. The van der Waals surface area contributed by atoms with Gasteiger partial charge in [-0.1, -0.05) is 13.0 Å². The van der Waals surface area contributed by atoms with Crippen LogP contribution in [0, 0.1) is 19.8 Å². The number of rotatable bonds is 6. The molecule has 3 aromatic heterocycles. The minimum atomic E-state index is -0.0560. The predicted octanol–water partition coefficient (Wildman–Crippen LogP) is 5.27. The molecule has 0 N–H and O–H groups in total. The van der Waals surface area contributed by atoms with Gasteiger partial charge in [0.25, 0.3) is 0 Å². The van der Waals surface area contributed by atoms with Crippen molar-refractivity contribution in [1.29, 1.82) is 0 Å². The average Bonchev–Trinajstić information content (AvgIpc) is 3.54. The van der Waals surface area contributed by atoms with Crippen LogP contribution >= 0.6 is 11.3 Å². The van der Waals surface area contributed by atoms with Crippen LogP contribution in [0.4, 0.5) is 0 Å². The lowest BCUT2D eigenvalue weighted by molar-refractivity contribution is 0.0918. The fourth-order valence-corrected chi connectivity index (χ4v) is 6.46. The summed E-state index contributed by atoms with van der Waals surface area (Å²) in [4.78, 5) is 24.4. The topological polar surface area (TPSA) is 75.5 Å². The highest BCUT2D eigenvalue weighted by Gasteiger charge is 2.24. The van der Waals surface area contributed by atoms with Crippen LogP contribution in [0.25, 0.3) is 10.2 Å². The maximum absolute atomic E-state index is 13.2. The van der Waals surface area contributed by atoms with Gasteiger partial charge in [-0.15, -0.1) is 11.3 Å². The van der Waals surface area contributed by atoms with Gasteiger partial charge in [-0.2, -0.15) is 0 Å². The number of fused-ring (bicyclic) bond motifs is 4. The largest absolute Gasteiger partial charge is 0.469 e. The van der Waals surface area contributed by atoms with Crippen molar-refractivity contribution in [2.45, 2.75) is 46.6 Å². The van der Waals surface area contributed by atoms with Gasteiger partial charge < -0.3 is 18.8 Å². The monoisotopic (exact) mass is 489 g/mol. The quantitative estimate of drug-likeness (QED) is 0.343. The van der Waals surface area contributed by atoms with E-state index >= 15 is 0 Å². The molecule has 1 unspecified atom stereocenters. The second kappa shape index (κ2) is 8.68. The molecule has 4 aromatic rings. The molecular formula is C27H27N3O4S. The van der Waals surface area contributed by atoms with Crippen molar-refractivity contribution in [2.24, 2.45) is 5.92 Å². The van der Waals surface area contributed by atoms with Gasteiger partial charge in [-0.3, -0.25) is 4.79 Å². The first-order valence-corrected chi connectivity index (χ1v) is 12.8. The standard InChI is InChI=1S/C27H27N3O4S/c1-15-4-6-19-24(8-15)35-27-25(19)26(28-13-29-27)32-12-21(31)20-9-16(2)30(17(20)3)11-18-5-7-22-23(10-18)34-14-33-22/h5,7,9-10,13,15H,4,6,8,11-12,14H2,1-3H3. The molecule has 6 rings (SSSR count). The van der Waals surface area contributed by atoms with Crippen molar-refractivity contribution >= 4 is 27.3 Å². The SMILES string of the molecule is Cc1cc(C(=O)COc2ncnc3sc4c(c23)CCC(C)C4)c(C)n1Cc1ccc2c(c1)OCO2. The third-order valence-corrected chi connectivity index (χ3v) is 8.21. The normalized spacial score (nSPS) is 16.5. The number of carbonyl (C=O) groups excluding carboxylic acids is 1. The molecule has 4 heterocycles. The maximum Gasteiger partial charge on any atom is 0.231 e. The van der Waals surface area contributed by atoms with E-state index in [1.807, 2.05) is 38.1 Å². The molecule has 2 aliphatic rings. The van der Waals surface area contributed by atoms with E-state index in [0.29, 0.717) is 23.9 Å². The van der Waals surface area contributed by atoms with Gasteiger partial charge in [0.1, 0.15) is 11.2 Å². The van der Waals surface area contributed by atoms with E-state index in [-0.39, 0.29) is 19.2 Å². The maximum atomic E-state index is 13.2. The van der Waals surface area contributed by atoms with E-state index in [4.69, 9.17) is 14.2 Å². The van der Waals surface area contributed by atoms with E-state index in [0.717, 1.165) is 57.9 Å². The first-order valence-electron chi connectivity index (χ1n) is 11.9. The molecule has 1 atom stereocenters. The molecular weight excluding hydrogens is 462 g/mol. The van der Waals surface area contributed by atoms with E-state index < -0.39 is 0 Å². The molecule has 0 fully saturated rings. The molecule has 1 aromatic carbocycles. The number of Topliss-reactive ketones (excluding diaryl/α,β-unsaturated/α-hetero) is 1. The van der Waals surface area contributed by atoms with Gasteiger partial charge in [0.15, 0.2) is 18.1 Å². The van der Waals surface area contributed by atoms with Crippen LogP contribution in [0.5, 0.6) is 17.4 Å². The van der Waals surface area contributed by atoms with Crippen molar-refractivity contribution in [3.05, 3.63) is 63.5 Å². The molecule has 0 spiro atoms. The second-order valence-electron chi connectivity index (χ2n) is 9.48. The number of nitrogens with zero attached hydrogens (tertiary/aromatic N) is 3. The molecule has 1 aliphatic carbocycles. The number of hydrogen-bond acceptors (Lipinski definition) is 7. The number of hydrogen-bond donors (Lipinski definition) is 0. The summed E-state index contributed by atoms with van der Waals surface area (Å²) in [6.45, 7) is 7.13. The number of ketones is 1. The Morgan fingerprint density at radius 1 is 1.20 bits per heavy atom. The van der Waals surface area contributed by atoms with Gasteiger partial charge in [0.05, 0.1) is 5.39 Å². The summed E-state index contributed by atoms with van der Waals surface area (Å²) in [6.07, 6.45) is 4.77. The van der Waals surface area contributed by atoms with Crippen LogP contribution in [0.2, 0.25) is 0 Å². The fraction of sp³-hybridized carbons (Fsp3) is 0.370. The number of aromatic nitrogens is 3. The molecule has 35 heavy (non-hydrogen) atoms. The van der Waals surface area contributed by atoms with Crippen LogP contribution in [-0.4, -0.2) is 33.7 Å². The Kier molecular flexibility index (Phi) is 5.48. The van der Waals surface area contributed by atoms with E-state index in [1.165, 1.54) is 16.8 Å². The third kappa shape index (κ3) is 3.95. The molecule has 0 amide bonds. The Labute approximate surface area is 207 Å². The Morgan fingerprint density at radius 3 is 2.94 bits per heavy atom. The number of thiophene rings is 1. The Balaban J connectivity index is 1.21. The summed E-state index contributed by atoms with van der Waals surface area (Å²) in [6, 6.07) is 7.89. The Bertz CT molecular complexity index is 1450. The van der Waals surface area contributed by atoms with Crippen molar-refractivity contribution in [3.8, 4) is 17.4 Å². The highest BCUT2D eigenvalue weighted by atomic mass is 32.1. The number of benzene rings is 1. The summed E-state index contributed by atoms with van der Waals surface area (Å²) in [7, 11) is 0. The third-order valence-electron chi connectivity index (χ3n) is 7.05. The second-order valence-corrected chi connectivity index (χ2v) is 10.6. The Hall–Kier alpha value is -3.39. The van der Waals surface area contributed by atoms with Crippen molar-refractivity contribution in [3.63, 3.8) is 0 Å². The zero-order chi connectivity index (χ0) is 24.1. The van der Waals surface area contributed by atoms with Crippen molar-refractivity contribution < 1.29 is 19.0 Å². The van der Waals surface area contributed by atoms with Gasteiger partial charge in [0, 0.05) is 28.4 Å². The highest BCUT2D eigenvalue weighted by molar-refractivity contribution is 7.18. The van der Waals surface area contributed by atoms with Crippen LogP contribution in [0.1, 0.15) is 51.1 Å². The van der Waals surface area contributed by atoms with Gasteiger partial charge in [-0.25, -0.2) is 9.97 Å². The highest BCUT2D eigenvalue weighted by Crippen LogP contribution is 2.40.